The van der Waals surface area contributed by atoms with Gasteiger partial charge in [0.25, 0.3) is 0 Å². The highest BCUT2D eigenvalue weighted by Crippen LogP contribution is 2.63. The second-order valence-corrected chi connectivity index (χ2v) is 18.8. The van der Waals surface area contributed by atoms with Crippen LogP contribution < -0.4 is 4.74 Å². The lowest BCUT2D eigenvalue weighted by Gasteiger charge is -2.39. The third-order valence-electron chi connectivity index (χ3n) is 15.1. The highest BCUT2D eigenvalue weighted by Gasteiger charge is 2.51. The molecule has 0 radical (unpaired) electrons. The predicted octanol–water partition coefficient (Wildman–Crippen LogP) is 17.0. The van der Waals surface area contributed by atoms with Gasteiger partial charge in [-0.25, -0.2) is 9.97 Å². The van der Waals surface area contributed by atoms with Gasteiger partial charge in [0, 0.05) is 39.1 Å². The van der Waals surface area contributed by atoms with Crippen LogP contribution in [0.3, 0.4) is 0 Å². The topological polar surface area (TPSA) is 39.9 Å². The maximum absolute atomic E-state index is 6.68. The zero-order valence-corrected chi connectivity index (χ0v) is 38.4. The van der Waals surface area contributed by atoms with Crippen molar-refractivity contribution >= 4 is 43.4 Å². The highest BCUT2D eigenvalue weighted by atomic mass is 16.5. The van der Waals surface area contributed by atoms with Crippen LogP contribution in [-0.4, -0.2) is 14.5 Å². The first-order valence-electron chi connectivity index (χ1n) is 24.3. The van der Waals surface area contributed by atoms with Crippen LogP contribution in [0.15, 0.2) is 249 Å². The molecular weight excluding hydrogens is 863 g/mol. The maximum Gasteiger partial charge on any atom is 0.162 e. The summed E-state index contributed by atoms with van der Waals surface area (Å²) in [5, 5.41) is 7.23. The first-order chi connectivity index (χ1) is 35.2. The van der Waals surface area contributed by atoms with Crippen LogP contribution in [0.2, 0.25) is 0 Å². The number of nitrogens with zero attached hydrogens (tertiary/aromatic N) is 3. The second kappa shape index (κ2) is 15.3. The SMILES string of the molecule is c1ccc(-c2ccc(-c3cc(-n4c5ccc(-c6ccc7c(c6)-c6c(ccc8ccccc68)C76c7ccccc7Oc7ccccc76)cc5c5c6ccccc6ccc54)nc(-c4ccccc4)n3)cc2)cc1. The zero-order chi connectivity index (χ0) is 46.6. The first-order valence-corrected chi connectivity index (χ1v) is 24.3. The molecule has 1 spiro atoms. The van der Waals surface area contributed by atoms with Crippen molar-refractivity contribution in [1.82, 2.24) is 14.5 Å². The van der Waals surface area contributed by atoms with E-state index in [9.17, 15) is 0 Å². The fourth-order valence-corrected chi connectivity index (χ4v) is 11.9. The number of benzene rings is 11. The van der Waals surface area contributed by atoms with E-state index in [-0.39, 0.29) is 0 Å². The van der Waals surface area contributed by atoms with E-state index < -0.39 is 5.41 Å². The summed E-state index contributed by atoms with van der Waals surface area (Å²) in [6.45, 7) is 0. The Hall–Kier alpha value is -9.38. The molecule has 15 rings (SSSR count). The molecule has 2 aliphatic rings. The van der Waals surface area contributed by atoms with Crippen molar-refractivity contribution in [1.29, 1.82) is 0 Å². The summed E-state index contributed by atoms with van der Waals surface area (Å²) in [5.74, 6) is 3.27. The minimum atomic E-state index is -0.562. The van der Waals surface area contributed by atoms with E-state index in [0.29, 0.717) is 5.82 Å². The standard InChI is InChI=1S/C67H41N3O/c1-3-15-42(16-4-1)43-27-29-46(30-28-43)58-41-63(69-66(68-58)47-19-5-2-6-20-47)70-59-37-34-49(40-53(59)65-51-22-10-8-18-45(51)33-38-60(65)70)48-32-35-54-52(39-48)64-50-21-9-7-17-44(50)31-36-57(64)67(54)55-23-11-13-25-61(55)71-62-26-14-12-24-56(62)67/h1-41H. The van der Waals surface area contributed by atoms with E-state index in [0.717, 1.165) is 78.4 Å². The van der Waals surface area contributed by atoms with Gasteiger partial charge < -0.3 is 4.74 Å². The average molecular weight is 904 g/mol. The van der Waals surface area contributed by atoms with Crippen molar-refractivity contribution in [2.75, 3.05) is 0 Å². The summed E-state index contributed by atoms with van der Waals surface area (Å²) >= 11 is 0. The quantitative estimate of drug-likeness (QED) is 0.173. The number of para-hydroxylation sites is 2. The molecule has 2 aromatic heterocycles. The Morgan fingerprint density at radius 1 is 0.352 bits per heavy atom. The highest BCUT2D eigenvalue weighted by molar-refractivity contribution is 6.22. The summed E-state index contributed by atoms with van der Waals surface area (Å²) in [6.07, 6.45) is 0. The molecule has 330 valence electrons. The van der Waals surface area contributed by atoms with Gasteiger partial charge in [-0.3, -0.25) is 4.57 Å². The molecule has 0 amide bonds. The normalized spacial score (nSPS) is 13.0. The molecule has 0 saturated carbocycles. The molecule has 0 bridgehead atoms. The molecule has 71 heavy (non-hydrogen) atoms. The fraction of sp³-hybridized carbons (Fsp3) is 0.0149. The Labute approximate surface area is 410 Å². The third-order valence-corrected chi connectivity index (χ3v) is 15.1. The summed E-state index contributed by atoms with van der Waals surface area (Å²) < 4.78 is 9.02. The number of hydrogen-bond donors (Lipinski definition) is 0. The number of rotatable bonds is 5. The molecule has 13 aromatic rings. The van der Waals surface area contributed by atoms with Crippen molar-refractivity contribution in [3.63, 3.8) is 0 Å². The lowest BCUT2D eigenvalue weighted by molar-refractivity contribution is 0.436. The molecule has 0 atom stereocenters. The van der Waals surface area contributed by atoms with E-state index >= 15 is 0 Å². The molecule has 0 unspecified atom stereocenters. The molecule has 0 N–H and O–H groups in total. The predicted molar refractivity (Wildman–Crippen MR) is 291 cm³/mol. The molecule has 4 heteroatoms. The number of fused-ring (bicyclic) bond motifs is 16. The largest absolute Gasteiger partial charge is 0.457 e. The van der Waals surface area contributed by atoms with Gasteiger partial charge in [-0.1, -0.05) is 206 Å². The van der Waals surface area contributed by atoms with Gasteiger partial charge >= 0.3 is 0 Å². The molecule has 0 fully saturated rings. The fourth-order valence-electron chi connectivity index (χ4n) is 11.9. The Morgan fingerprint density at radius 2 is 0.901 bits per heavy atom. The second-order valence-electron chi connectivity index (χ2n) is 18.8. The van der Waals surface area contributed by atoms with E-state index in [1.54, 1.807) is 0 Å². The summed E-state index contributed by atoms with van der Waals surface area (Å²) in [5.41, 5.74) is 16.5. The molecule has 4 nitrogen and oxygen atoms in total. The van der Waals surface area contributed by atoms with Crippen LogP contribution in [0.25, 0.3) is 105 Å². The molecular formula is C67H41N3O. The minimum Gasteiger partial charge on any atom is -0.457 e. The van der Waals surface area contributed by atoms with Crippen LogP contribution in [0, 0.1) is 0 Å². The lowest BCUT2D eigenvalue weighted by Crippen LogP contribution is -2.32. The molecule has 11 aromatic carbocycles. The smallest absolute Gasteiger partial charge is 0.162 e. The summed E-state index contributed by atoms with van der Waals surface area (Å²) in [6, 6.07) is 89.8. The lowest BCUT2D eigenvalue weighted by atomic mass is 9.66. The van der Waals surface area contributed by atoms with Gasteiger partial charge in [0.2, 0.25) is 0 Å². The Bertz CT molecular complexity index is 4260. The molecule has 3 heterocycles. The Kier molecular flexibility index (Phi) is 8.54. The third kappa shape index (κ3) is 5.86. The van der Waals surface area contributed by atoms with E-state index in [4.69, 9.17) is 14.7 Å². The zero-order valence-electron chi connectivity index (χ0n) is 38.4. The van der Waals surface area contributed by atoms with Crippen molar-refractivity contribution in [2.24, 2.45) is 0 Å². The van der Waals surface area contributed by atoms with Crippen LogP contribution >= 0.6 is 0 Å². The Balaban J connectivity index is 0.955. The van der Waals surface area contributed by atoms with Crippen molar-refractivity contribution < 1.29 is 4.74 Å². The van der Waals surface area contributed by atoms with E-state index in [1.807, 2.05) is 6.07 Å². The van der Waals surface area contributed by atoms with Crippen molar-refractivity contribution in [3.8, 4) is 73.3 Å². The summed E-state index contributed by atoms with van der Waals surface area (Å²) in [4.78, 5) is 10.6. The average Bonchev–Trinajstić information content (AvgIpc) is 3.94. The van der Waals surface area contributed by atoms with Crippen LogP contribution in [0.5, 0.6) is 11.5 Å². The van der Waals surface area contributed by atoms with E-state index in [2.05, 4.69) is 247 Å². The minimum absolute atomic E-state index is 0.562. The van der Waals surface area contributed by atoms with Gasteiger partial charge in [-0.15, -0.1) is 0 Å². The number of hydrogen-bond acceptors (Lipinski definition) is 3. The molecule has 0 saturated heterocycles. The van der Waals surface area contributed by atoms with Crippen LogP contribution in [-0.2, 0) is 5.41 Å². The monoisotopic (exact) mass is 903 g/mol. The van der Waals surface area contributed by atoms with Gasteiger partial charge in [-0.05, 0) is 102 Å². The van der Waals surface area contributed by atoms with Crippen LogP contribution in [0.4, 0.5) is 0 Å². The van der Waals surface area contributed by atoms with Gasteiger partial charge in [0.05, 0.1) is 22.1 Å². The van der Waals surface area contributed by atoms with Crippen molar-refractivity contribution in [3.05, 3.63) is 271 Å². The van der Waals surface area contributed by atoms with Crippen LogP contribution in [0.1, 0.15) is 22.3 Å². The first kappa shape index (κ1) is 39.6. The van der Waals surface area contributed by atoms with Gasteiger partial charge in [0.15, 0.2) is 5.82 Å². The molecule has 1 aliphatic heterocycles. The molecule has 1 aliphatic carbocycles. The summed E-state index contributed by atoms with van der Waals surface area (Å²) in [7, 11) is 0. The van der Waals surface area contributed by atoms with E-state index in [1.165, 1.54) is 54.7 Å². The maximum atomic E-state index is 6.68. The Morgan fingerprint density at radius 3 is 1.66 bits per heavy atom. The number of ether oxygens (including phenoxy) is 1. The number of aromatic nitrogens is 3. The van der Waals surface area contributed by atoms with Crippen molar-refractivity contribution in [2.45, 2.75) is 5.41 Å². The van der Waals surface area contributed by atoms with Gasteiger partial charge in [-0.2, -0.15) is 0 Å². The van der Waals surface area contributed by atoms with Gasteiger partial charge in [0.1, 0.15) is 17.3 Å².